The molecule has 0 fully saturated rings. The van der Waals surface area contributed by atoms with Gasteiger partial charge in [-0.3, -0.25) is 19.2 Å². The Kier molecular flexibility index (Phi) is 16.8. The Hall–Kier alpha value is -6.28. The minimum absolute atomic E-state index is 0.0715. The van der Waals surface area contributed by atoms with Crippen molar-refractivity contribution >= 4 is 35.0 Å². The van der Waals surface area contributed by atoms with Crippen molar-refractivity contribution in [3.8, 4) is 23.7 Å². The molecule has 0 saturated heterocycles. The third-order valence-electron chi connectivity index (χ3n) is 9.73. The summed E-state index contributed by atoms with van der Waals surface area (Å²) in [6, 6.07) is 30.7. The molecule has 2 N–H and O–H groups in total. The summed E-state index contributed by atoms with van der Waals surface area (Å²) in [5, 5.41) is 5.62. The molecule has 0 saturated carbocycles. The maximum absolute atomic E-state index is 13.3. The van der Waals surface area contributed by atoms with Crippen LogP contribution in [0.3, 0.4) is 0 Å². The zero-order valence-electron chi connectivity index (χ0n) is 33.7. The molecule has 12 heteroatoms. The molecule has 12 nitrogen and oxygen atoms in total. The molecule has 2 heterocycles. The van der Waals surface area contributed by atoms with Crippen molar-refractivity contribution in [3.63, 3.8) is 0 Å². The molecule has 2 aliphatic rings. The zero-order chi connectivity index (χ0) is 41.8. The lowest BCUT2D eigenvalue weighted by molar-refractivity contribution is -0.125. The van der Waals surface area contributed by atoms with Crippen molar-refractivity contribution in [2.75, 3.05) is 75.7 Å². The van der Waals surface area contributed by atoms with Gasteiger partial charge in [0.2, 0.25) is 23.6 Å². The molecule has 310 valence electrons. The number of hydrogen-bond donors (Lipinski definition) is 2. The van der Waals surface area contributed by atoms with Crippen molar-refractivity contribution in [1.29, 1.82) is 0 Å². The van der Waals surface area contributed by atoms with Crippen molar-refractivity contribution in [3.05, 3.63) is 130 Å². The Labute approximate surface area is 351 Å². The summed E-state index contributed by atoms with van der Waals surface area (Å²) in [5.41, 5.74) is 6.75. The maximum Gasteiger partial charge on any atom is 0.227 e. The van der Waals surface area contributed by atoms with Gasteiger partial charge in [0, 0.05) is 61.0 Å². The molecule has 0 spiro atoms. The van der Waals surface area contributed by atoms with E-state index < -0.39 is 0 Å². The molecule has 0 bridgehead atoms. The minimum Gasteiger partial charge on any atom is -0.377 e. The summed E-state index contributed by atoms with van der Waals surface area (Å²) < 4.78 is 22.2. The Morgan fingerprint density at radius 2 is 0.767 bits per heavy atom. The molecule has 4 amide bonds. The fraction of sp³-hybridized carbons (Fsp3) is 0.333. The number of benzene rings is 4. The summed E-state index contributed by atoms with van der Waals surface area (Å²) in [5.74, 6) is 12.1. The van der Waals surface area contributed by atoms with Crippen LogP contribution in [0.15, 0.2) is 97.1 Å². The molecule has 0 atom stereocenters. The normalized spacial score (nSPS) is 12.3. The number of hydrogen-bond acceptors (Lipinski definition) is 8. The first kappa shape index (κ1) is 43.3. The maximum atomic E-state index is 13.3. The van der Waals surface area contributed by atoms with Crippen LogP contribution in [0.1, 0.15) is 59.1 Å². The van der Waals surface area contributed by atoms with Gasteiger partial charge in [-0.1, -0.05) is 84.3 Å². The van der Waals surface area contributed by atoms with E-state index in [1.54, 1.807) is 9.80 Å². The van der Waals surface area contributed by atoms with Crippen LogP contribution in [0.25, 0.3) is 0 Å². The number of para-hydroxylation sites is 2. The number of anilines is 2. The highest BCUT2D eigenvalue weighted by molar-refractivity contribution is 5.98. The largest absolute Gasteiger partial charge is 0.377 e. The number of rotatable bonds is 21. The number of ether oxygens (including phenoxy) is 4. The lowest BCUT2D eigenvalue weighted by Gasteiger charge is -2.26. The first-order valence-electron chi connectivity index (χ1n) is 20.3. The highest BCUT2D eigenvalue weighted by Crippen LogP contribution is 2.27. The van der Waals surface area contributed by atoms with Crippen LogP contribution in [0, 0.1) is 23.7 Å². The predicted molar refractivity (Wildman–Crippen MR) is 228 cm³/mol. The van der Waals surface area contributed by atoms with E-state index in [1.165, 1.54) is 0 Å². The van der Waals surface area contributed by atoms with E-state index in [4.69, 9.17) is 18.9 Å². The summed E-state index contributed by atoms with van der Waals surface area (Å²) in [6.45, 7) is 4.36. The minimum atomic E-state index is -0.215. The fourth-order valence-corrected chi connectivity index (χ4v) is 6.59. The quantitative estimate of drug-likeness (QED) is 0.0912. The predicted octanol–water partition coefficient (Wildman–Crippen LogP) is 4.74. The van der Waals surface area contributed by atoms with E-state index >= 15 is 0 Å². The molecule has 4 aromatic carbocycles. The van der Waals surface area contributed by atoms with E-state index in [1.807, 2.05) is 97.1 Å². The van der Waals surface area contributed by atoms with E-state index in [-0.39, 0.29) is 49.3 Å². The molecule has 6 rings (SSSR count). The van der Waals surface area contributed by atoms with Crippen LogP contribution >= 0.6 is 0 Å². The molecule has 60 heavy (non-hydrogen) atoms. The van der Waals surface area contributed by atoms with E-state index in [2.05, 4.69) is 34.3 Å². The molecule has 0 radical (unpaired) electrons. The zero-order valence-corrected chi connectivity index (χ0v) is 33.7. The Balaban J connectivity index is 0.737. The summed E-state index contributed by atoms with van der Waals surface area (Å²) >= 11 is 0. The van der Waals surface area contributed by atoms with Gasteiger partial charge in [0.25, 0.3) is 0 Å². The fourth-order valence-electron chi connectivity index (χ4n) is 6.59. The molecule has 0 aliphatic carbocycles. The van der Waals surface area contributed by atoms with Crippen LogP contribution in [0.4, 0.5) is 11.4 Å². The smallest absolute Gasteiger partial charge is 0.227 e. The van der Waals surface area contributed by atoms with E-state index in [9.17, 15) is 19.2 Å². The third kappa shape index (κ3) is 13.1. The van der Waals surface area contributed by atoms with Crippen LogP contribution in [-0.4, -0.2) is 89.6 Å². The summed E-state index contributed by atoms with van der Waals surface area (Å²) in [6.07, 6.45) is 0.292. The van der Waals surface area contributed by atoms with Gasteiger partial charge in [-0.25, -0.2) is 0 Å². The topological polar surface area (TPSA) is 136 Å². The lowest BCUT2D eigenvalue weighted by atomic mass is 10.0. The highest BCUT2D eigenvalue weighted by atomic mass is 16.6. The molecular weight excluding hydrogens is 761 g/mol. The summed E-state index contributed by atoms with van der Waals surface area (Å²) in [4.78, 5) is 55.0. The van der Waals surface area contributed by atoms with Crippen molar-refractivity contribution in [2.24, 2.45) is 0 Å². The van der Waals surface area contributed by atoms with Gasteiger partial charge < -0.3 is 39.4 Å². The van der Waals surface area contributed by atoms with Gasteiger partial charge in [0.1, 0.15) is 0 Å². The molecule has 4 aromatic rings. The van der Waals surface area contributed by atoms with Gasteiger partial charge in [-0.05, 0) is 47.5 Å². The van der Waals surface area contributed by atoms with Crippen molar-refractivity contribution in [2.45, 2.75) is 38.8 Å². The van der Waals surface area contributed by atoms with Crippen molar-refractivity contribution < 1.29 is 38.1 Å². The van der Waals surface area contributed by atoms with Gasteiger partial charge in [-0.2, -0.15) is 0 Å². The second-order valence-electron chi connectivity index (χ2n) is 14.0. The monoisotopic (exact) mass is 810 g/mol. The third-order valence-corrected chi connectivity index (χ3v) is 9.73. The number of carbonyl (C=O) groups excluding carboxylic acids is 4. The van der Waals surface area contributed by atoms with Crippen LogP contribution in [-0.2, 0) is 51.2 Å². The Morgan fingerprint density at radius 1 is 0.433 bits per heavy atom. The van der Waals surface area contributed by atoms with E-state index in [0.717, 1.165) is 44.8 Å². The number of carbonyl (C=O) groups is 4. The number of fused-ring (bicyclic) bond motifs is 4. The van der Waals surface area contributed by atoms with E-state index in [0.29, 0.717) is 79.0 Å². The second kappa shape index (κ2) is 23.3. The molecule has 0 unspecified atom stereocenters. The van der Waals surface area contributed by atoms with Gasteiger partial charge >= 0.3 is 0 Å². The van der Waals surface area contributed by atoms with Crippen LogP contribution in [0.2, 0.25) is 0 Å². The number of amides is 4. The number of nitrogens with zero attached hydrogens (tertiary/aromatic N) is 2. The first-order valence-corrected chi connectivity index (χ1v) is 20.3. The second-order valence-corrected chi connectivity index (χ2v) is 14.0. The first-order chi connectivity index (χ1) is 29.5. The number of nitrogens with one attached hydrogen (secondary N) is 2. The van der Waals surface area contributed by atoms with Crippen LogP contribution < -0.4 is 20.4 Å². The van der Waals surface area contributed by atoms with Crippen molar-refractivity contribution in [1.82, 2.24) is 10.6 Å². The van der Waals surface area contributed by atoms with Gasteiger partial charge in [0.15, 0.2) is 0 Å². The SMILES string of the molecule is O=C(CCC(=O)N1Cc2ccccc2C#Cc2ccccc21)NCCOCCOCCOCCOCCNC(=O)CCC(=O)N1Cc2ccccc2C#Cc2ccccc21. The molecule has 2 aliphatic heterocycles. The standard InChI is InChI=1S/C48H50N4O8/c53-45(21-23-47(55)51-35-41-13-3-1-9-37(41)17-19-39-11-5-7-15-43(39)51)49-25-27-57-29-31-59-33-34-60-32-30-58-28-26-50-46(54)22-24-48(56)52-36-42-14-4-2-10-38(42)18-20-40-12-6-8-16-44(40)52/h1-16H,21-36H2,(H,49,53)(H,50,54). The van der Waals surface area contributed by atoms with Gasteiger partial charge in [0.05, 0.1) is 77.3 Å². The van der Waals surface area contributed by atoms with Gasteiger partial charge in [-0.15, -0.1) is 0 Å². The molecule has 0 aromatic heterocycles. The Bertz CT molecular complexity index is 2080. The summed E-state index contributed by atoms with van der Waals surface area (Å²) in [7, 11) is 0. The Morgan fingerprint density at radius 3 is 1.18 bits per heavy atom. The molecular formula is C48H50N4O8. The lowest BCUT2D eigenvalue weighted by Crippen LogP contribution is -2.34. The average Bonchev–Trinajstić information content (AvgIpc) is 3.26. The highest BCUT2D eigenvalue weighted by Gasteiger charge is 2.23. The van der Waals surface area contributed by atoms with Crippen LogP contribution in [0.5, 0.6) is 0 Å². The average molecular weight is 811 g/mol.